The van der Waals surface area contributed by atoms with Gasteiger partial charge in [0, 0.05) is 38.4 Å². The molecule has 2 fully saturated rings. The Hall–Kier alpha value is -2.28. The summed E-state index contributed by atoms with van der Waals surface area (Å²) < 4.78 is 5.15. The topological polar surface area (TPSA) is 73.3 Å². The quantitative estimate of drug-likeness (QED) is 0.786. The molecule has 0 spiro atoms. The molecule has 1 amide bonds. The summed E-state index contributed by atoms with van der Waals surface area (Å²) in [5, 5.41) is 9.41. The van der Waals surface area contributed by atoms with Crippen molar-refractivity contribution in [1.29, 1.82) is 0 Å². The molecule has 0 saturated carbocycles. The third-order valence-corrected chi connectivity index (χ3v) is 5.33. The summed E-state index contributed by atoms with van der Waals surface area (Å²) in [6.07, 6.45) is 2.59. The molecule has 3 rings (SSSR count). The standard InChI is InChI=1S/C20H29N3O4/c1-2-27-20(26)18-5-3-4-10-23(18)19(25)15-21-11-13-22(14-12-21)16-6-8-17(24)9-7-16/h6-9,18,24H,2-5,10-15H2,1H3/t18-/m0/s1. The Morgan fingerprint density at radius 1 is 1.07 bits per heavy atom. The number of rotatable bonds is 5. The van der Waals surface area contributed by atoms with Crippen molar-refractivity contribution in [2.24, 2.45) is 0 Å². The molecule has 0 bridgehead atoms. The molecule has 2 aliphatic rings. The molecule has 27 heavy (non-hydrogen) atoms. The average Bonchev–Trinajstić information content (AvgIpc) is 2.69. The van der Waals surface area contributed by atoms with Gasteiger partial charge >= 0.3 is 5.97 Å². The lowest BCUT2D eigenvalue weighted by atomic mass is 10.0. The summed E-state index contributed by atoms with van der Waals surface area (Å²) in [5.74, 6) is 0.00852. The number of benzene rings is 1. The van der Waals surface area contributed by atoms with Crippen LogP contribution in [0.2, 0.25) is 0 Å². The fourth-order valence-corrected chi connectivity index (χ4v) is 3.82. The minimum absolute atomic E-state index is 0.0193. The van der Waals surface area contributed by atoms with Crippen molar-refractivity contribution in [3.63, 3.8) is 0 Å². The third-order valence-electron chi connectivity index (χ3n) is 5.33. The monoisotopic (exact) mass is 375 g/mol. The van der Waals surface area contributed by atoms with Crippen LogP contribution in [0, 0.1) is 0 Å². The molecule has 0 aliphatic carbocycles. The maximum absolute atomic E-state index is 12.8. The Kier molecular flexibility index (Phi) is 6.55. The first-order valence-corrected chi connectivity index (χ1v) is 9.81. The van der Waals surface area contributed by atoms with Crippen molar-refractivity contribution in [3.8, 4) is 5.75 Å². The van der Waals surface area contributed by atoms with Crippen LogP contribution in [-0.2, 0) is 14.3 Å². The van der Waals surface area contributed by atoms with Gasteiger partial charge in [-0.2, -0.15) is 0 Å². The summed E-state index contributed by atoms with van der Waals surface area (Å²) in [6, 6.07) is 6.78. The number of carbonyl (C=O) groups excluding carboxylic acids is 2. The Balaban J connectivity index is 1.52. The molecule has 1 atom stereocenters. The number of nitrogens with zero attached hydrogens (tertiary/aromatic N) is 3. The fourth-order valence-electron chi connectivity index (χ4n) is 3.82. The first-order valence-electron chi connectivity index (χ1n) is 9.81. The molecule has 1 N–H and O–H groups in total. The van der Waals surface area contributed by atoms with E-state index in [1.807, 2.05) is 12.1 Å². The van der Waals surface area contributed by atoms with E-state index < -0.39 is 6.04 Å². The van der Waals surface area contributed by atoms with E-state index in [0.29, 0.717) is 26.1 Å². The number of phenolic OH excluding ortho intramolecular Hbond substituents is 1. The summed E-state index contributed by atoms with van der Waals surface area (Å²) >= 11 is 0. The number of piperazine rings is 1. The second kappa shape index (κ2) is 9.08. The van der Waals surface area contributed by atoms with Crippen molar-refractivity contribution in [2.45, 2.75) is 32.2 Å². The molecule has 0 radical (unpaired) electrons. The number of phenols is 1. The average molecular weight is 375 g/mol. The lowest BCUT2D eigenvalue weighted by molar-refractivity contribution is -0.157. The van der Waals surface area contributed by atoms with Gasteiger partial charge in [-0.25, -0.2) is 4.79 Å². The van der Waals surface area contributed by atoms with Crippen LogP contribution in [0.1, 0.15) is 26.2 Å². The van der Waals surface area contributed by atoms with Crippen LogP contribution in [0.15, 0.2) is 24.3 Å². The molecule has 2 saturated heterocycles. The molecular formula is C20H29N3O4. The number of hydrogen-bond acceptors (Lipinski definition) is 6. The minimum Gasteiger partial charge on any atom is -0.508 e. The van der Waals surface area contributed by atoms with Crippen molar-refractivity contribution in [1.82, 2.24) is 9.80 Å². The summed E-state index contributed by atoms with van der Waals surface area (Å²) in [6.45, 7) is 6.37. The second-order valence-corrected chi connectivity index (χ2v) is 7.13. The van der Waals surface area contributed by atoms with Gasteiger partial charge in [-0.3, -0.25) is 9.69 Å². The number of ether oxygens (including phenoxy) is 1. The van der Waals surface area contributed by atoms with Crippen LogP contribution >= 0.6 is 0 Å². The summed E-state index contributed by atoms with van der Waals surface area (Å²) in [7, 11) is 0. The number of carbonyl (C=O) groups is 2. The maximum Gasteiger partial charge on any atom is 0.328 e. The van der Waals surface area contributed by atoms with Crippen molar-refractivity contribution >= 4 is 17.6 Å². The zero-order valence-electron chi connectivity index (χ0n) is 16.0. The maximum atomic E-state index is 12.8. The van der Waals surface area contributed by atoms with Crippen LogP contribution < -0.4 is 4.90 Å². The number of aromatic hydroxyl groups is 1. The molecule has 0 aromatic heterocycles. The highest BCUT2D eigenvalue weighted by atomic mass is 16.5. The minimum atomic E-state index is -0.426. The number of likely N-dealkylation sites (tertiary alicyclic amines) is 1. The molecule has 1 aromatic carbocycles. The highest BCUT2D eigenvalue weighted by Crippen LogP contribution is 2.21. The lowest BCUT2D eigenvalue weighted by Crippen LogP contribution is -2.54. The third kappa shape index (κ3) is 4.91. The predicted octanol–water partition coefficient (Wildman–Crippen LogP) is 1.46. The normalized spacial score (nSPS) is 21.1. The first-order chi connectivity index (χ1) is 13.1. The van der Waals surface area contributed by atoms with Gasteiger partial charge in [0.2, 0.25) is 5.91 Å². The van der Waals surface area contributed by atoms with Gasteiger partial charge < -0.3 is 19.6 Å². The molecule has 7 heteroatoms. The number of esters is 1. The van der Waals surface area contributed by atoms with Crippen LogP contribution in [0.5, 0.6) is 5.75 Å². The summed E-state index contributed by atoms with van der Waals surface area (Å²) in [4.78, 5) is 31.1. The fraction of sp³-hybridized carbons (Fsp3) is 0.600. The highest BCUT2D eigenvalue weighted by Gasteiger charge is 2.34. The van der Waals surface area contributed by atoms with E-state index in [0.717, 1.165) is 44.7 Å². The molecule has 7 nitrogen and oxygen atoms in total. The Labute approximate surface area is 160 Å². The molecule has 148 valence electrons. The van der Waals surface area contributed by atoms with Gasteiger partial charge in [-0.15, -0.1) is 0 Å². The van der Waals surface area contributed by atoms with Crippen LogP contribution in [0.3, 0.4) is 0 Å². The van der Waals surface area contributed by atoms with Crippen molar-refractivity contribution < 1.29 is 19.4 Å². The van der Waals surface area contributed by atoms with Crippen molar-refractivity contribution in [2.75, 3.05) is 50.8 Å². The largest absolute Gasteiger partial charge is 0.508 e. The summed E-state index contributed by atoms with van der Waals surface area (Å²) in [5.41, 5.74) is 1.08. The van der Waals surface area contributed by atoms with Gasteiger partial charge in [0.1, 0.15) is 11.8 Å². The number of piperidine rings is 1. The second-order valence-electron chi connectivity index (χ2n) is 7.13. The van der Waals surface area contributed by atoms with Gasteiger partial charge in [0.15, 0.2) is 0 Å². The molecule has 0 unspecified atom stereocenters. The first kappa shape index (κ1) is 19.5. The Bertz CT molecular complexity index is 641. The van der Waals surface area contributed by atoms with E-state index in [-0.39, 0.29) is 17.6 Å². The van der Waals surface area contributed by atoms with E-state index >= 15 is 0 Å². The van der Waals surface area contributed by atoms with Crippen LogP contribution in [0.25, 0.3) is 0 Å². The number of anilines is 1. The predicted molar refractivity (Wildman–Crippen MR) is 103 cm³/mol. The SMILES string of the molecule is CCOC(=O)[C@@H]1CCCCN1C(=O)CN1CCN(c2ccc(O)cc2)CC1. The van der Waals surface area contributed by atoms with E-state index in [2.05, 4.69) is 9.80 Å². The smallest absolute Gasteiger partial charge is 0.328 e. The number of hydrogen-bond donors (Lipinski definition) is 1. The van der Waals surface area contributed by atoms with E-state index in [9.17, 15) is 14.7 Å². The van der Waals surface area contributed by atoms with Crippen LogP contribution in [-0.4, -0.2) is 78.7 Å². The van der Waals surface area contributed by atoms with Crippen molar-refractivity contribution in [3.05, 3.63) is 24.3 Å². The van der Waals surface area contributed by atoms with E-state index in [1.165, 1.54) is 0 Å². The zero-order chi connectivity index (χ0) is 19.2. The van der Waals surface area contributed by atoms with E-state index in [4.69, 9.17) is 4.74 Å². The molecule has 1 aromatic rings. The van der Waals surface area contributed by atoms with Gasteiger partial charge in [-0.1, -0.05) is 0 Å². The molecular weight excluding hydrogens is 346 g/mol. The van der Waals surface area contributed by atoms with Gasteiger partial charge in [-0.05, 0) is 50.5 Å². The van der Waals surface area contributed by atoms with E-state index in [1.54, 1.807) is 24.0 Å². The van der Waals surface area contributed by atoms with Gasteiger partial charge in [0.05, 0.1) is 13.2 Å². The van der Waals surface area contributed by atoms with Crippen LogP contribution in [0.4, 0.5) is 5.69 Å². The Morgan fingerprint density at radius 2 is 1.78 bits per heavy atom. The number of amides is 1. The lowest BCUT2D eigenvalue weighted by Gasteiger charge is -2.38. The van der Waals surface area contributed by atoms with Gasteiger partial charge in [0.25, 0.3) is 0 Å². The molecule has 2 heterocycles. The zero-order valence-corrected chi connectivity index (χ0v) is 16.0. The molecule has 2 aliphatic heterocycles. The highest BCUT2D eigenvalue weighted by molar-refractivity contribution is 5.85. The Morgan fingerprint density at radius 3 is 2.44 bits per heavy atom.